The zero-order chi connectivity index (χ0) is 25.8. The minimum absolute atomic E-state index is 0.119. The summed E-state index contributed by atoms with van der Waals surface area (Å²) in [6, 6.07) is 2.90. The van der Waals surface area contributed by atoms with Crippen molar-refractivity contribution in [3.63, 3.8) is 0 Å². The van der Waals surface area contributed by atoms with Crippen molar-refractivity contribution in [2.24, 2.45) is 0 Å². The van der Waals surface area contributed by atoms with Gasteiger partial charge in [-0.3, -0.25) is 9.00 Å². The Kier molecular flexibility index (Phi) is 9.08. The Hall–Kier alpha value is -2.64. The normalized spacial score (nSPS) is 19.8. The molecule has 2 heterocycles. The number of carboxylic acid groups (broad SMARTS) is 1. The third kappa shape index (κ3) is 6.07. The molecular formula is C21H26F3NO8S. The first-order valence-corrected chi connectivity index (χ1v) is 11.4. The molecule has 1 aromatic heterocycles. The van der Waals surface area contributed by atoms with Gasteiger partial charge in [-0.15, -0.1) is 0 Å². The number of aliphatic carboxylic acids is 1. The fourth-order valence-corrected chi connectivity index (χ4v) is 4.34. The maximum Gasteiger partial charge on any atom is 0.490 e. The Morgan fingerprint density at radius 2 is 1.85 bits per heavy atom. The van der Waals surface area contributed by atoms with E-state index in [0.29, 0.717) is 35.8 Å². The van der Waals surface area contributed by atoms with Crippen LogP contribution in [-0.4, -0.2) is 77.7 Å². The summed E-state index contributed by atoms with van der Waals surface area (Å²) in [6.07, 6.45) is -5.04. The zero-order valence-electron chi connectivity index (χ0n) is 19.0. The maximum absolute atomic E-state index is 12.8. The van der Waals surface area contributed by atoms with Crippen molar-refractivity contribution in [2.45, 2.75) is 36.6 Å². The molecule has 34 heavy (non-hydrogen) atoms. The van der Waals surface area contributed by atoms with E-state index in [1.807, 2.05) is 11.9 Å². The Labute approximate surface area is 195 Å². The standard InChI is InChI=1S/C19H25NO6S.C2HF3O2/c1-5-27(23)16-8-12(21)18-15(25-4)9-14(24-3)17(19(18)26-16)11-6-7-20(2)10-13(11)22;3-2(4,5)1(6)7/h8-9,11,13,22H,5-7,10H2,1-4H3;(H,6,7)/t11-,13+,27?;/m0./s1. The fraction of sp³-hybridized carbons (Fsp3) is 0.524. The molecule has 190 valence electrons. The van der Waals surface area contributed by atoms with Crippen LogP contribution < -0.4 is 14.9 Å². The maximum atomic E-state index is 12.8. The van der Waals surface area contributed by atoms with E-state index in [9.17, 15) is 27.3 Å². The number of likely N-dealkylation sites (tertiary alicyclic amines) is 1. The summed E-state index contributed by atoms with van der Waals surface area (Å²) in [5.41, 5.74) is 0.585. The number of benzene rings is 1. The number of hydrogen-bond acceptors (Lipinski definition) is 8. The quantitative estimate of drug-likeness (QED) is 0.625. The molecule has 1 saturated heterocycles. The number of aliphatic hydroxyl groups excluding tert-OH is 1. The van der Waals surface area contributed by atoms with Gasteiger partial charge in [0, 0.05) is 35.9 Å². The van der Waals surface area contributed by atoms with Crippen LogP contribution in [0.2, 0.25) is 0 Å². The summed E-state index contributed by atoms with van der Waals surface area (Å²) in [7, 11) is 3.52. The van der Waals surface area contributed by atoms with Crippen molar-refractivity contribution >= 4 is 27.7 Å². The Morgan fingerprint density at radius 3 is 2.32 bits per heavy atom. The smallest absolute Gasteiger partial charge is 0.490 e. The lowest BCUT2D eigenvalue weighted by atomic mass is 9.85. The van der Waals surface area contributed by atoms with Gasteiger partial charge >= 0.3 is 12.1 Å². The molecule has 1 aliphatic rings. The number of fused-ring (bicyclic) bond motifs is 1. The van der Waals surface area contributed by atoms with E-state index in [0.717, 1.165) is 6.54 Å². The summed E-state index contributed by atoms with van der Waals surface area (Å²) in [6.45, 7) is 3.06. The second-order valence-corrected chi connectivity index (χ2v) is 9.16. The topological polar surface area (TPSA) is 127 Å². The van der Waals surface area contributed by atoms with E-state index in [1.165, 1.54) is 20.3 Å². The molecule has 0 bridgehead atoms. The van der Waals surface area contributed by atoms with Gasteiger partial charge in [0.2, 0.25) is 0 Å². The second kappa shape index (κ2) is 11.2. The number of alkyl halides is 3. The SMILES string of the molecule is CCS(=O)c1cc(=O)c2c(OC)cc(OC)c([C@H]3CCN(C)C[C@H]3O)c2o1.O=C(O)C(F)(F)F. The van der Waals surface area contributed by atoms with Crippen LogP contribution in [0.4, 0.5) is 13.2 Å². The van der Waals surface area contributed by atoms with Gasteiger partial charge in [0.25, 0.3) is 0 Å². The van der Waals surface area contributed by atoms with Gasteiger partial charge in [-0.25, -0.2) is 4.79 Å². The minimum atomic E-state index is -5.08. The third-order valence-corrected chi connectivity index (χ3v) is 6.44. The number of piperidine rings is 1. The lowest BCUT2D eigenvalue weighted by Crippen LogP contribution is -2.40. The molecule has 0 aliphatic carbocycles. The average molecular weight is 509 g/mol. The van der Waals surface area contributed by atoms with Crippen LogP contribution in [0.25, 0.3) is 11.0 Å². The molecule has 2 N–H and O–H groups in total. The van der Waals surface area contributed by atoms with Crippen LogP contribution in [0.1, 0.15) is 24.8 Å². The summed E-state index contributed by atoms with van der Waals surface area (Å²) >= 11 is 0. The van der Waals surface area contributed by atoms with E-state index in [4.69, 9.17) is 23.8 Å². The van der Waals surface area contributed by atoms with Crippen molar-refractivity contribution in [3.05, 3.63) is 27.9 Å². The molecule has 1 fully saturated rings. The molecule has 1 aliphatic heterocycles. The average Bonchev–Trinajstić information content (AvgIpc) is 2.77. The zero-order valence-corrected chi connectivity index (χ0v) is 19.8. The number of methoxy groups -OCH3 is 2. The fourth-order valence-electron chi connectivity index (χ4n) is 3.64. The molecule has 13 heteroatoms. The lowest BCUT2D eigenvalue weighted by molar-refractivity contribution is -0.192. The minimum Gasteiger partial charge on any atom is -0.496 e. The Morgan fingerprint density at radius 1 is 1.26 bits per heavy atom. The van der Waals surface area contributed by atoms with Crippen LogP contribution in [0.15, 0.2) is 26.4 Å². The van der Waals surface area contributed by atoms with E-state index in [1.54, 1.807) is 13.0 Å². The Bertz CT molecular complexity index is 1120. The number of rotatable bonds is 5. The monoisotopic (exact) mass is 509 g/mol. The van der Waals surface area contributed by atoms with Gasteiger partial charge in [0.1, 0.15) is 16.9 Å². The number of carboxylic acids is 1. The largest absolute Gasteiger partial charge is 0.496 e. The molecule has 9 nitrogen and oxygen atoms in total. The molecular weight excluding hydrogens is 483 g/mol. The highest BCUT2D eigenvalue weighted by molar-refractivity contribution is 7.84. The molecule has 3 atom stereocenters. The number of hydrogen-bond donors (Lipinski definition) is 2. The molecule has 0 spiro atoms. The molecule has 1 unspecified atom stereocenters. The lowest BCUT2D eigenvalue weighted by Gasteiger charge is -2.34. The predicted octanol–water partition coefficient (Wildman–Crippen LogP) is 2.35. The van der Waals surface area contributed by atoms with Crippen LogP contribution in [0.3, 0.4) is 0 Å². The van der Waals surface area contributed by atoms with Gasteiger partial charge in [0.05, 0.1) is 31.1 Å². The second-order valence-electron chi connectivity index (χ2n) is 7.49. The first-order valence-electron chi connectivity index (χ1n) is 10.1. The third-order valence-electron chi connectivity index (χ3n) is 5.27. The highest BCUT2D eigenvalue weighted by atomic mass is 32.2. The molecule has 2 aromatic rings. The van der Waals surface area contributed by atoms with E-state index >= 15 is 0 Å². The number of β-amino-alcohol motifs (C(OH)–C–C–N with tert-alkyl or cyclic N) is 1. The number of nitrogens with zero attached hydrogens (tertiary/aromatic N) is 1. The van der Waals surface area contributed by atoms with Crippen LogP contribution >= 0.6 is 0 Å². The van der Waals surface area contributed by atoms with Gasteiger partial charge in [-0.05, 0) is 20.0 Å². The molecule has 0 amide bonds. The van der Waals surface area contributed by atoms with Crippen molar-refractivity contribution < 1.29 is 46.3 Å². The highest BCUT2D eigenvalue weighted by Gasteiger charge is 2.38. The van der Waals surface area contributed by atoms with Gasteiger partial charge in [-0.1, -0.05) is 6.92 Å². The summed E-state index contributed by atoms with van der Waals surface area (Å²) < 4.78 is 60.9. The van der Waals surface area contributed by atoms with Crippen LogP contribution in [0.5, 0.6) is 11.5 Å². The summed E-state index contributed by atoms with van der Waals surface area (Å²) in [4.78, 5) is 23.7. The van der Waals surface area contributed by atoms with E-state index < -0.39 is 29.0 Å². The Balaban J connectivity index is 0.000000509. The van der Waals surface area contributed by atoms with Gasteiger partial charge in [-0.2, -0.15) is 13.2 Å². The van der Waals surface area contributed by atoms with Crippen molar-refractivity contribution in [1.29, 1.82) is 0 Å². The van der Waals surface area contributed by atoms with Gasteiger partial charge in [0.15, 0.2) is 16.1 Å². The van der Waals surface area contributed by atoms with Crippen LogP contribution in [-0.2, 0) is 15.6 Å². The van der Waals surface area contributed by atoms with Crippen LogP contribution in [0, 0.1) is 0 Å². The number of halogens is 3. The van der Waals surface area contributed by atoms with Crippen molar-refractivity contribution in [3.8, 4) is 11.5 Å². The molecule has 1 aromatic carbocycles. The van der Waals surface area contributed by atoms with E-state index in [-0.39, 0.29) is 27.4 Å². The van der Waals surface area contributed by atoms with Gasteiger partial charge < -0.3 is 29.0 Å². The number of ether oxygens (including phenoxy) is 2. The predicted molar refractivity (Wildman–Crippen MR) is 117 cm³/mol. The molecule has 3 rings (SSSR count). The number of aliphatic hydroxyl groups is 1. The highest BCUT2D eigenvalue weighted by Crippen LogP contribution is 2.42. The molecule has 0 saturated carbocycles. The van der Waals surface area contributed by atoms with Crippen molar-refractivity contribution in [1.82, 2.24) is 4.90 Å². The first kappa shape index (κ1) is 27.6. The van der Waals surface area contributed by atoms with E-state index in [2.05, 4.69) is 0 Å². The molecule has 0 radical (unpaired) electrons. The summed E-state index contributed by atoms with van der Waals surface area (Å²) in [5.74, 6) is -1.88. The first-order chi connectivity index (χ1) is 15.8. The summed E-state index contributed by atoms with van der Waals surface area (Å²) in [5, 5.41) is 18.2. The number of likely N-dealkylation sites (N-methyl/N-ethyl adjacent to an activating group) is 1. The van der Waals surface area contributed by atoms with Crippen molar-refractivity contribution in [2.75, 3.05) is 40.1 Å². The number of carbonyl (C=O) groups is 1.